The van der Waals surface area contributed by atoms with Gasteiger partial charge in [-0.05, 0) is 24.5 Å². The number of aromatic nitrogens is 2. The minimum atomic E-state index is 0.461. The topological polar surface area (TPSA) is 47.0 Å². The lowest BCUT2D eigenvalue weighted by Gasteiger charge is -2.23. The van der Waals surface area contributed by atoms with Gasteiger partial charge in [-0.1, -0.05) is 30.3 Å². The Labute approximate surface area is 119 Å². The summed E-state index contributed by atoms with van der Waals surface area (Å²) in [5.74, 6) is 1.77. The molecule has 1 N–H and O–H groups in total. The van der Waals surface area contributed by atoms with Crippen LogP contribution < -0.4 is 5.32 Å². The van der Waals surface area contributed by atoms with E-state index in [9.17, 15) is 0 Å². The number of benzene rings is 1. The van der Waals surface area contributed by atoms with Gasteiger partial charge < -0.3 is 10.1 Å². The molecular weight excluding hydrogens is 250 g/mol. The van der Waals surface area contributed by atoms with Crippen LogP contribution in [0, 0.1) is 0 Å². The molecule has 1 aliphatic rings. The van der Waals surface area contributed by atoms with E-state index in [1.165, 1.54) is 5.56 Å². The minimum Gasteiger partial charge on any atom is -0.381 e. The summed E-state index contributed by atoms with van der Waals surface area (Å²) >= 11 is 0. The summed E-state index contributed by atoms with van der Waals surface area (Å²) in [6.07, 6.45) is 4.67. The van der Waals surface area contributed by atoms with Crippen LogP contribution in [0.2, 0.25) is 0 Å². The zero-order valence-electron chi connectivity index (χ0n) is 11.5. The third kappa shape index (κ3) is 3.54. The molecule has 0 atom stereocenters. The van der Waals surface area contributed by atoms with Gasteiger partial charge in [0.2, 0.25) is 0 Å². The van der Waals surface area contributed by atoms with Crippen molar-refractivity contribution in [2.24, 2.45) is 0 Å². The average Bonchev–Trinajstić information content (AvgIpc) is 2.50. The molecule has 2 heterocycles. The second-order valence-electron chi connectivity index (χ2n) is 5.05. The molecule has 1 aromatic carbocycles. The van der Waals surface area contributed by atoms with Crippen LogP contribution in [0.1, 0.15) is 24.2 Å². The number of hydrogen-bond donors (Lipinski definition) is 1. The highest BCUT2D eigenvalue weighted by atomic mass is 16.5. The summed E-state index contributed by atoms with van der Waals surface area (Å²) in [5.41, 5.74) is 1.23. The lowest BCUT2D eigenvalue weighted by Crippen LogP contribution is -2.28. The maximum absolute atomic E-state index is 5.37. The summed E-state index contributed by atoms with van der Waals surface area (Å²) in [6, 6.07) is 12.7. The van der Waals surface area contributed by atoms with Crippen LogP contribution in [0.3, 0.4) is 0 Å². The quantitative estimate of drug-likeness (QED) is 0.927. The van der Waals surface area contributed by atoms with E-state index in [0.717, 1.165) is 44.1 Å². The Morgan fingerprint density at radius 3 is 2.70 bits per heavy atom. The van der Waals surface area contributed by atoms with Gasteiger partial charge in [0.25, 0.3) is 0 Å². The SMILES string of the molecule is c1ccc(Cc2nccc(NC3CCOCC3)n2)cc1. The van der Waals surface area contributed by atoms with Gasteiger partial charge in [0.05, 0.1) is 0 Å². The van der Waals surface area contributed by atoms with Gasteiger partial charge in [-0.2, -0.15) is 0 Å². The monoisotopic (exact) mass is 269 g/mol. The Morgan fingerprint density at radius 1 is 1.10 bits per heavy atom. The van der Waals surface area contributed by atoms with Crippen molar-refractivity contribution in [2.75, 3.05) is 18.5 Å². The molecule has 1 fully saturated rings. The standard InChI is InChI=1S/C16H19N3O/c1-2-4-13(5-3-1)12-16-17-9-6-15(19-16)18-14-7-10-20-11-8-14/h1-6,9,14H,7-8,10-12H2,(H,17,18,19). The highest BCUT2D eigenvalue weighted by Gasteiger charge is 2.14. The maximum atomic E-state index is 5.37. The van der Waals surface area contributed by atoms with Crippen molar-refractivity contribution in [3.63, 3.8) is 0 Å². The lowest BCUT2D eigenvalue weighted by molar-refractivity contribution is 0.0904. The summed E-state index contributed by atoms with van der Waals surface area (Å²) in [6.45, 7) is 1.67. The van der Waals surface area contributed by atoms with E-state index in [1.807, 2.05) is 30.5 Å². The van der Waals surface area contributed by atoms with Crippen LogP contribution in [0.15, 0.2) is 42.6 Å². The van der Waals surface area contributed by atoms with E-state index in [1.54, 1.807) is 0 Å². The zero-order chi connectivity index (χ0) is 13.6. The third-order valence-electron chi connectivity index (χ3n) is 3.48. The van der Waals surface area contributed by atoms with Crippen LogP contribution in [0.5, 0.6) is 0 Å². The van der Waals surface area contributed by atoms with Crippen LogP contribution in [-0.2, 0) is 11.2 Å². The predicted molar refractivity (Wildman–Crippen MR) is 78.7 cm³/mol. The van der Waals surface area contributed by atoms with Crippen molar-refractivity contribution in [3.05, 3.63) is 54.0 Å². The maximum Gasteiger partial charge on any atom is 0.135 e. The number of nitrogens with one attached hydrogen (secondary N) is 1. The fourth-order valence-corrected chi connectivity index (χ4v) is 2.39. The normalized spacial score (nSPS) is 16.0. The highest BCUT2D eigenvalue weighted by molar-refractivity contribution is 5.35. The third-order valence-corrected chi connectivity index (χ3v) is 3.48. The number of rotatable bonds is 4. The molecule has 0 aliphatic carbocycles. The van der Waals surface area contributed by atoms with Gasteiger partial charge >= 0.3 is 0 Å². The predicted octanol–water partition coefficient (Wildman–Crippen LogP) is 2.66. The Morgan fingerprint density at radius 2 is 1.90 bits per heavy atom. The molecule has 0 spiro atoms. The molecule has 1 saturated heterocycles. The highest BCUT2D eigenvalue weighted by Crippen LogP contribution is 2.14. The van der Waals surface area contributed by atoms with Gasteiger partial charge in [-0.25, -0.2) is 9.97 Å². The van der Waals surface area contributed by atoms with E-state index < -0.39 is 0 Å². The van der Waals surface area contributed by atoms with Gasteiger partial charge in [0, 0.05) is 31.9 Å². The number of anilines is 1. The molecule has 0 saturated carbocycles. The van der Waals surface area contributed by atoms with Crippen LogP contribution in [0.25, 0.3) is 0 Å². The Balaban J connectivity index is 1.66. The molecule has 4 heteroatoms. The van der Waals surface area contributed by atoms with E-state index in [4.69, 9.17) is 4.74 Å². The molecule has 4 nitrogen and oxygen atoms in total. The first-order valence-electron chi connectivity index (χ1n) is 7.10. The summed E-state index contributed by atoms with van der Waals surface area (Å²) < 4.78 is 5.37. The Bertz CT molecular complexity index is 538. The smallest absolute Gasteiger partial charge is 0.135 e. The first-order valence-corrected chi connectivity index (χ1v) is 7.10. The van der Waals surface area contributed by atoms with Crippen molar-refractivity contribution in [1.29, 1.82) is 0 Å². The molecule has 0 unspecified atom stereocenters. The van der Waals surface area contributed by atoms with Crippen molar-refractivity contribution in [2.45, 2.75) is 25.3 Å². The molecule has 1 aliphatic heterocycles. The first-order chi connectivity index (χ1) is 9.90. The minimum absolute atomic E-state index is 0.461. The van der Waals surface area contributed by atoms with Gasteiger partial charge in [0.1, 0.15) is 11.6 Å². The molecular formula is C16H19N3O. The number of ether oxygens (including phenoxy) is 1. The van der Waals surface area contributed by atoms with Crippen molar-refractivity contribution >= 4 is 5.82 Å². The molecule has 0 bridgehead atoms. The molecule has 1 aromatic heterocycles. The summed E-state index contributed by atoms with van der Waals surface area (Å²) in [4.78, 5) is 8.95. The molecule has 104 valence electrons. The second kappa shape index (κ2) is 6.48. The van der Waals surface area contributed by atoms with Crippen LogP contribution in [-0.4, -0.2) is 29.2 Å². The summed E-state index contributed by atoms with van der Waals surface area (Å²) in [7, 11) is 0. The van der Waals surface area contributed by atoms with Crippen molar-refractivity contribution in [3.8, 4) is 0 Å². The van der Waals surface area contributed by atoms with E-state index >= 15 is 0 Å². The number of hydrogen-bond acceptors (Lipinski definition) is 4. The van der Waals surface area contributed by atoms with Gasteiger partial charge in [-0.3, -0.25) is 0 Å². The summed E-state index contributed by atoms with van der Waals surface area (Å²) in [5, 5.41) is 3.48. The molecule has 20 heavy (non-hydrogen) atoms. The van der Waals surface area contributed by atoms with E-state index in [-0.39, 0.29) is 0 Å². The van der Waals surface area contributed by atoms with Crippen molar-refractivity contribution in [1.82, 2.24) is 9.97 Å². The average molecular weight is 269 g/mol. The fraction of sp³-hybridized carbons (Fsp3) is 0.375. The largest absolute Gasteiger partial charge is 0.381 e. The van der Waals surface area contributed by atoms with Crippen LogP contribution in [0.4, 0.5) is 5.82 Å². The molecule has 2 aromatic rings. The van der Waals surface area contributed by atoms with E-state index in [2.05, 4.69) is 27.4 Å². The molecule has 3 rings (SSSR count). The van der Waals surface area contributed by atoms with Crippen LogP contribution >= 0.6 is 0 Å². The number of nitrogens with zero attached hydrogens (tertiary/aromatic N) is 2. The lowest BCUT2D eigenvalue weighted by atomic mass is 10.1. The fourth-order valence-electron chi connectivity index (χ4n) is 2.39. The Kier molecular flexibility index (Phi) is 4.23. The van der Waals surface area contributed by atoms with Crippen molar-refractivity contribution < 1.29 is 4.74 Å². The Hall–Kier alpha value is -1.94. The molecule has 0 amide bonds. The van der Waals surface area contributed by atoms with Gasteiger partial charge in [-0.15, -0.1) is 0 Å². The first kappa shape index (κ1) is 13.1. The zero-order valence-corrected chi connectivity index (χ0v) is 11.5. The second-order valence-corrected chi connectivity index (χ2v) is 5.05. The van der Waals surface area contributed by atoms with Gasteiger partial charge in [0.15, 0.2) is 0 Å². The van der Waals surface area contributed by atoms with E-state index in [0.29, 0.717) is 6.04 Å². The molecule has 0 radical (unpaired) electrons.